The molecule has 64 valence electrons. The van der Waals surface area contributed by atoms with Crippen molar-refractivity contribution in [3.63, 3.8) is 0 Å². The number of hydrogen-bond donors (Lipinski definition) is 1. The van der Waals surface area contributed by atoms with Crippen molar-refractivity contribution in [1.29, 1.82) is 0 Å². The second kappa shape index (κ2) is 2.54. The van der Waals surface area contributed by atoms with Crippen molar-refractivity contribution in [2.45, 2.75) is 12.5 Å². The van der Waals surface area contributed by atoms with E-state index in [1.807, 2.05) is 19.1 Å². The van der Waals surface area contributed by atoms with Crippen molar-refractivity contribution in [2.75, 3.05) is 13.2 Å². The summed E-state index contributed by atoms with van der Waals surface area (Å²) in [7, 11) is 0. The van der Waals surface area contributed by atoms with E-state index in [1.54, 1.807) is 6.20 Å². The van der Waals surface area contributed by atoms with Gasteiger partial charge < -0.3 is 9.84 Å². The number of rotatable bonds is 1. The minimum Gasteiger partial charge on any atom is -0.379 e. The second-order valence-corrected chi connectivity index (χ2v) is 3.25. The van der Waals surface area contributed by atoms with Crippen molar-refractivity contribution >= 4 is 0 Å². The first-order valence-corrected chi connectivity index (χ1v) is 3.94. The fraction of sp³-hybridized carbons (Fsp3) is 0.444. The van der Waals surface area contributed by atoms with Gasteiger partial charge in [0.15, 0.2) is 5.60 Å². The molecule has 1 N–H and O–H groups in total. The Morgan fingerprint density at radius 3 is 2.67 bits per heavy atom. The number of aliphatic hydroxyl groups is 1. The van der Waals surface area contributed by atoms with E-state index < -0.39 is 5.60 Å². The highest BCUT2D eigenvalue weighted by atomic mass is 16.5. The Balaban J connectivity index is 2.28. The van der Waals surface area contributed by atoms with Gasteiger partial charge in [0.25, 0.3) is 0 Å². The molecule has 1 fully saturated rings. The van der Waals surface area contributed by atoms with E-state index in [1.165, 1.54) is 0 Å². The molecule has 2 rings (SSSR count). The lowest BCUT2D eigenvalue weighted by atomic mass is 9.97. The number of aromatic nitrogens is 1. The standard InChI is InChI=1S/C9H11NO2/c1-7-2-3-8(10-4-7)9(11)5-12-6-9/h2-4,11H,5-6H2,1H3. The smallest absolute Gasteiger partial charge is 0.153 e. The van der Waals surface area contributed by atoms with E-state index in [-0.39, 0.29) is 0 Å². The lowest BCUT2D eigenvalue weighted by molar-refractivity contribution is -0.186. The van der Waals surface area contributed by atoms with Crippen LogP contribution in [0.3, 0.4) is 0 Å². The minimum atomic E-state index is -0.826. The zero-order chi connectivity index (χ0) is 8.60. The molecule has 1 aromatic rings. The zero-order valence-electron chi connectivity index (χ0n) is 6.95. The molecule has 0 saturated carbocycles. The van der Waals surface area contributed by atoms with E-state index in [9.17, 15) is 5.11 Å². The van der Waals surface area contributed by atoms with Crippen LogP contribution in [0.4, 0.5) is 0 Å². The fourth-order valence-corrected chi connectivity index (χ4v) is 1.19. The largest absolute Gasteiger partial charge is 0.379 e. The van der Waals surface area contributed by atoms with E-state index in [4.69, 9.17) is 4.74 Å². The van der Waals surface area contributed by atoms with E-state index in [0.717, 1.165) is 5.56 Å². The quantitative estimate of drug-likeness (QED) is 0.663. The highest BCUT2D eigenvalue weighted by Crippen LogP contribution is 2.27. The molecule has 0 aromatic carbocycles. The topological polar surface area (TPSA) is 42.4 Å². The molecule has 3 nitrogen and oxygen atoms in total. The van der Waals surface area contributed by atoms with Crippen LogP contribution in [0, 0.1) is 6.92 Å². The number of aryl methyl sites for hydroxylation is 1. The van der Waals surface area contributed by atoms with Gasteiger partial charge in [-0.3, -0.25) is 4.98 Å². The molecular formula is C9H11NO2. The molecule has 0 atom stereocenters. The van der Waals surface area contributed by atoms with Crippen LogP contribution in [0.5, 0.6) is 0 Å². The van der Waals surface area contributed by atoms with Gasteiger partial charge in [0.2, 0.25) is 0 Å². The Morgan fingerprint density at radius 2 is 2.25 bits per heavy atom. The summed E-state index contributed by atoms with van der Waals surface area (Å²) in [6, 6.07) is 3.79. The van der Waals surface area contributed by atoms with Crippen molar-refractivity contribution in [1.82, 2.24) is 4.98 Å². The Labute approximate surface area is 71.0 Å². The number of nitrogens with zero attached hydrogens (tertiary/aromatic N) is 1. The molecule has 0 bridgehead atoms. The third-order valence-electron chi connectivity index (χ3n) is 2.07. The first-order valence-electron chi connectivity index (χ1n) is 3.94. The number of hydrogen-bond acceptors (Lipinski definition) is 3. The van der Waals surface area contributed by atoms with Gasteiger partial charge in [0.1, 0.15) is 0 Å². The molecule has 0 radical (unpaired) electrons. The molecule has 0 spiro atoms. The summed E-state index contributed by atoms with van der Waals surface area (Å²) in [4.78, 5) is 4.14. The van der Waals surface area contributed by atoms with Crippen LogP contribution in [0.25, 0.3) is 0 Å². The maximum Gasteiger partial charge on any atom is 0.153 e. The third-order valence-corrected chi connectivity index (χ3v) is 2.07. The highest BCUT2D eigenvalue weighted by Gasteiger charge is 2.39. The average Bonchev–Trinajstić information content (AvgIpc) is 2.02. The minimum absolute atomic E-state index is 0.364. The number of ether oxygens (including phenoxy) is 1. The van der Waals surface area contributed by atoms with E-state index >= 15 is 0 Å². The molecule has 1 aliphatic heterocycles. The molecular weight excluding hydrogens is 154 g/mol. The van der Waals surface area contributed by atoms with Crippen LogP contribution in [-0.4, -0.2) is 23.3 Å². The predicted molar refractivity (Wildman–Crippen MR) is 43.7 cm³/mol. The van der Waals surface area contributed by atoms with Crippen LogP contribution in [0.15, 0.2) is 18.3 Å². The van der Waals surface area contributed by atoms with Gasteiger partial charge in [0.05, 0.1) is 18.9 Å². The first kappa shape index (κ1) is 7.71. The molecule has 12 heavy (non-hydrogen) atoms. The maximum absolute atomic E-state index is 9.78. The molecule has 1 saturated heterocycles. The zero-order valence-corrected chi connectivity index (χ0v) is 6.95. The summed E-state index contributed by atoms with van der Waals surface area (Å²) < 4.78 is 4.93. The summed E-state index contributed by atoms with van der Waals surface area (Å²) >= 11 is 0. The fourth-order valence-electron chi connectivity index (χ4n) is 1.19. The summed E-state index contributed by atoms with van der Waals surface area (Å²) in [5.74, 6) is 0. The van der Waals surface area contributed by atoms with Crippen LogP contribution < -0.4 is 0 Å². The van der Waals surface area contributed by atoms with Crippen molar-refractivity contribution in [3.8, 4) is 0 Å². The Bertz CT molecular complexity index is 277. The molecule has 0 aliphatic carbocycles. The van der Waals surface area contributed by atoms with Gasteiger partial charge in [-0.15, -0.1) is 0 Å². The molecule has 2 heterocycles. The normalized spacial score (nSPS) is 20.2. The summed E-state index contributed by atoms with van der Waals surface area (Å²) in [6.07, 6.45) is 1.76. The SMILES string of the molecule is Cc1ccc(C2(O)COC2)nc1. The lowest BCUT2D eigenvalue weighted by Crippen LogP contribution is -2.47. The van der Waals surface area contributed by atoms with Gasteiger partial charge in [0, 0.05) is 6.20 Å². The number of pyridine rings is 1. The molecule has 3 heteroatoms. The highest BCUT2D eigenvalue weighted by molar-refractivity contribution is 5.19. The second-order valence-electron chi connectivity index (χ2n) is 3.25. The van der Waals surface area contributed by atoms with Gasteiger partial charge in [-0.25, -0.2) is 0 Å². The van der Waals surface area contributed by atoms with Gasteiger partial charge in [-0.2, -0.15) is 0 Å². The van der Waals surface area contributed by atoms with Crippen molar-refractivity contribution in [3.05, 3.63) is 29.6 Å². The molecule has 1 aromatic heterocycles. The third kappa shape index (κ3) is 1.11. The first-order chi connectivity index (χ1) is 5.71. The van der Waals surface area contributed by atoms with Gasteiger partial charge >= 0.3 is 0 Å². The van der Waals surface area contributed by atoms with Crippen molar-refractivity contribution < 1.29 is 9.84 Å². The molecule has 0 amide bonds. The van der Waals surface area contributed by atoms with E-state index in [0.29, 0.717) is 18.9 Å². The summed E-state index contributed by atoms with van der Waals surface area (Å²) in [5.41, 5.74) is 0.982. The Kier molecular flexibility index (Phi) is 1.63. The molecule has 0 unspecified atom stereocenters. The van der Waals surface area contributed by atoms with Crippen LogP contribution in [-0.2, 0) is 10.3 Å². The predicted octanol–water partition coefficient (Wildman–Crippen LogP) is 0.608. The van der Waals surface area contributed by atoms with Crippen LogP contribution in [0.2, 0.25) is 0 Å². The van der Waals surface area contributed by atoms with E-state index in [2.05, 4.69) is 4.98 Å². The molecule has 1 aliphatic rings. The summed E-state index contributed by atoms with van der Waals surface area (Å²) in [6.45, 7) is 2.70. The summed E-state index contributed by atoms with van der Waals surface area (Å²) in [5, 5.41) is 9.78. The Hall–Kier alpha value is -0.930. The van der Waals surface area contributed by atoms with Crippen LogP contribution in [0.1, 0.15) is 11.3 Å². The van der Waals surface area contributed by atoms with Gasteiger partial charge in [-0.05, 0) is 18.6 Å². The average molecular weight is 165 g/mol. The maximum atomic E-state index is 9.78. The van der Waals surface area contributed by atoms with Crippen molar-refractivity contribution in [2.24, 2.45) is 0 Å². The lowest BCUT2D eigenvalue weighted by Gasteiger charge is -2.35. The van der Waals surface area contributed by atoms with Gasteiger partial charge in [-0.1, -0.05) is 6.07 Å². The van der Waals surface area contributed by atoms with Crippen LogP contribution >= 0.6 is 0 Å². The Morgan fingerprint density at radius 1 is 1.50 bits per heavy atom. The monoisotopic (exact) mass is 165 g/mol.